The Kier molecular flexibility index (Phi) is 3.11. The molecule has 0 amide bonds. The molecule has 65 valence electrons. The van der Waals surface area contributed by atoms with Gasteiger partial charge in [-0.2, -0.15) is 0 Å². The lowest BCUT2D eigenvalue weighted by Crippen LogP contribution is -1.95. The molecule has 0 aliphatic heterocycles. The van der Waals surface area contributed by atoms with Gasteiger partial charge < -0.3 is 9.84 Å². The molecule has 12 heavy (non-hydrogen) atoms. The molecule has 0 spiro atoms. The van der Waals surface area contributed by atoms with E-state index in [9.17, 15) is 0 Å². The van der Waals surface area contributed by atoms with Crippen LogP contribution in [0.15, 0.2) is 18.2 Å². The molecule has 0 bridgehead atoms. The molecule has 2 heteroatoms. The molecule has 1 radical (unpaired) electrons. The van der Waals surface area contributed by atoms with Crippen molar-refractivity contribution < 1.29 is 9.84 Å². The third-order valence-corrected chi connectivity index (χ3v) is 1.85. The van der Waals surface area contributed by atoms with Crippen LogP contribution in [0.25, 0.3) is 0 Å². The van der Waals surface area contributed by atoms with Gasteiger partial charge in [-0.25, -0.2) is 0 Å². The van der Waals surface area contributed by atoms with Gasteiger partial charge in [0.1, 0.15) is 12.4 Å². The van der Waals surface area contributed by atoms with Crippen molar-refractivity contribution in [3.8, 4) is 5.75 Å². The molecule has 0 heterocycles. The number of benzene rings is 1. The average Bonchev–Trinajstić information content (AvgIpc) is 2.16. The third kappa shape index (κ3) is 1.59. The minimum Gasteiger partial charge on any atom is -0.496 e. The van der Waals surface area contributed by atoms with E-state index in [-0.39, 0.29) is 0 Å². The Labute approximate surface area is 72.8 Å². The maximum atomic E-state index is 8.86. The van der Waals surface area contributed by atoms with Gasteiger partial charge >= 0.3 is 0 Å². The highest BCUT2D eigenvalue weighted by Crippen LogP contribution is 2.24. The minimum absolute atomic E-state index is 0.733. The van der Waals surface area contributed by atoms with Crippen LogP contribution in [0.1, 0.15) is 18.1 Å². The van der Waals surface area contributed by atoms with Gasteiger partial charge in [0.25, 0.3) is 0 Å². The van der Waals surface area contributed by atoms with Gasteiger partial charge in [-0.3, -0.25) is 0 Å². The van der Waals surface area contributed by atoms with Crippen LogP contribution in [0, 0.1) is 6.61 Å². The van der Waals surface area contributed by atoms with Crippen molar-refractivity contribution in [2.75, 3.05) is 7.11 Å². The molecule has 1 aromatic carbocycles. The van der Waals surface area contributed by atoms with Gasteiger partial charge in [0.05, 0.1) is 7.11 Å². The zero-order chi connectivity index (χ0) is 8.97. The molecule has 0 aromatic heterocycles. The minimum atomic E-state index is 0.733. The number of para-hydroxylation sites is 1. The Morgan fingerprint density at radius 2 is 2.25 bits per heavy atom. The van der Waals surface area contributed by atoms with Crippen LogP contribution in [0.2, 0.25) is 0 Å². The summed E-state index contributed by atoms with van der Waals surface area (Å²) in [6, 6.07) is 5.72. The summed E-state index contributed by atoms with van der Waals surface area (Å²) in [5.41, 5.74) is 1.84. The van der Waals surface area contributed by atoms with Crippen LogP contribution in [0.3, 0.4) is 0 Å². The van der Waals surface area contributed by atoms with E-state index in [1.807, 2.05) is 18.2 Å². The lowest BCUT2D eigenvalue weighted by molar-refractivity contribution is 0.381. The number of aryl methyl sites for hydroxylation is 1. The number of aliphatic hydroxyl groups excluding tert-OH is 1. The fourth-order valence-corrected chi connectivity index (χ4v) is 1.23. The van der Waals surface area contributed by atoms with Crippen molar-refractivity contribution in [1.82, 2.24) is 0 Å². The molecule has 0 atom stereocenters. The highest BCUT2D eigenvalue weighted by Gasteiger charge is 2.05. The van der Waals surface area contributed by atoms with Gasteiger partial charge in [0.2, 0.25) is 0 Å². The summed E-state index contributed by atoms with van der Waals surface area (Å²) in [5.74, 6) is 0.766. The van der Waals surface area contributed by atoms with Crippen LogP contribution in [0.5, 0.6) is 5.75 Å². The first-order valence-corrected chi connectivity index (χ1v) is 3.96. The van der Waals surface area contributed by atoms with Crippen molar-refractivity contribution in [2.45, 2.75) is 13.3 Å². The van der Waals surface area contributed by atoms with E-state index in [4.69, 9.17) is 9.84 Å². The summed E-state index contributed by atoms with van der Waals surface area (Å²) < 4.78 is 5.17. The van der Waals surface area contributed by atoms with Gasteiger partial charge in [-0.1, -0.05) is 25.1 Å². The zero-order valence-corrected chi connectivity index (χ0v) is 7.37. The van der Waals surface area contributed by atoms with Gasteiger partial charge in [0.15, 0.2) is 0 Å². The maximum Gasteiger partial charge on any atom is 0.127 e. The number of aliphatic hydroxyl groups is 1. The summed E-state index contributed by atoms with van der Waals surface area (Å²) >= 11 is 0. The molecule has 1 N–H and O–H groups in total. The molecular weight excluding hydrogens is 152 g/mol. The second-order valence-electron chi connectivity index (χ2n) is 2.52. The van der Waals surface area contributed by atoms with E-state index in [1.54, 1.807) is 7.11 Å². The first-order chi connectivity index (χ1) is 5.83. The van der Waals surface area contributed by atoms with Crippen LogP contribution >= 0.6 is 0 Å². The number of hydrogen-bond donors (Lipinski definition) is 1. The topological polar surface area (TPSA) is 29.5 Å². The third-order valence-electron chi connectivity index (χ3n) is 1.85. The van der Waals surface area contributed by atoms with Gasteiger partial charge in [-0.15, -0.1) is 0 Å². The number of ether oxygens (including phenoxy) is 1. The van der Waals surface area contributed by atoms with Crippen molar-refractivity contribution in [3.63, 3.8) is 0 Å². The number of methoxy groups -OCH3 is 1. The van der Waals surface area contributed by atoms with E-state index >= 15 is 0 Å². The lowest BCUT2D eigenvalue weighted by atomic mass is 10.1. The molecule has 0 aliphatic rings. The zero-order valence-electron chi connectivity index (χ0n) is 7.37. The van der Waals surface area contributed by atoms with E-state index < -0.39 is 0 Å². The first kappa shape index (κ1) is 9.07. The standard InChI is InChI=1S/C10H13O2/c1-3-8-5-4-6-9(7-11)10(8)12-2/h4-7,11H,3H2,1-2H3. The van der Waals surface area contributed by atoms with Crippen molar-refractivity contribution in [1.29, 1.82) is 0 Å². The van der Waals surface area contributed by atoms with Crippen LogP contribution < -0.4 is 4.74 Å². The highest BCUT2D eigenvalue weighted by molar-refractivity contribution is 5.44. The van der Waals surface area contributed by atoms with E-state index in [0.29, 0.717) is 0 Å². The largest absolute Gasteiger partial charge is 0.496 e. The van der Waals surface area contributed by atoms with E-state index in [0.717, 1.165) is 29.9 Å². The summed E-state index contributed by atoms with van der Waals surface area (Å²) in [7, 11) is 1.61. The maximum absolute atomic E-state index is 8.86. The van der Waals surface area contributed by atoms with Crippen LogP contribution in [0.4, 0.5) is 0 Å². The molecule has 0 saturated carbocycles. The predicted molar refractivity (Wildman–Crippen MR) is 47.7 cm³/mol. The Morgan fingerprint density at radius 1 is 1.50 bits per heavy atom. The van der Waals surface area contributed by atoms with Crippen LogP contribution in [-0.4, -0.2) is 12.2 Å². The second kappa shape index (κ2) is 4.12. The highest BCUT2D eigenvalue weighted by atomic mass is 16.5. The predicted octanol–water partition coefficient (Wildman–Crippen LogP) is 2.14. The Bertz CT molecular complexity index is 234. The normalized spacial score (nSPS) is 9.92. The van der Waals surface area contributed by atoms with Gasteiger partial charge in [-0.05, 0) is 12.0 Å². The summed E-state index contributed by atoms with van der Waals surface area (Å²) in [6.07, 6.45) is 0.908. The Hall–Kier alpha value is -1.02. The fraction of sp³-hybridized carbons (Fsp3) is 0.300. The van der Waals surface area contributed by atoms with E-state index in [1.165, 1.54) is 0 Å². The molecule has 1 rings (SSSR count). The second-order valence-corrected chi connectivity index (χ2v) is 2.52. The van der Waals surface area contributed by atoms with Crippen molar-refractivity contribution in [2.24, 2.45) is 0 Å². The molecule has 2 nitrogen and oxygen atoms in total. The lowest BCUT2D eigenvalue weighted by Gasteiger charge is -2.09. The molecule has 0 unspecified atom stereocenters. The first-order valence-electron chi connectivity index (χ1n) is 3.96. The Balaban J connectivity index is 3.13. The number of hydrogen-bond acceptors (Lipinski definition) is 2. The number of rotatable bonds is 3. The summed E-state index contributed by atoms with van der Waals surface area (Å²) in [6.45, 7) is 3.12. The Morgan fingerprint density at radius 3 is 2.75 bits per heavy atom. The van der Waals surface area contributed by atoms with Crippen molar-refractivity contribution in [3.05, 3.63) is 35.9 Å². The molecule has 0 aliphatic carbocycles. The quantitative estimate of drug-likeness (QED) is 0.743. The average molecular weight is 165 g/mol. The van der Waals surface area contributed by atoms with E-state index in [2.05, 4.69) is 6.92 Å². The summed E-state index contributed by atoms with van der Waals surface area (Å²) in [5, 5.41) is 8.86. The molecule has 0 saturated heterocycles. The van der Waals surface area contributed by atoms with Crippen LogP contribution in [-0.2, 0) is 6.42 Å². The van der Waals surface area contributed by atoms with Crippen molar-refractivity contribution >= 4 is 0 Å². The van der Waals surface area contributed by atoms with Gasteiger partial charge in [0, 0.05) is 5.56 Å². The molecule has 1 aromatic rings. The smallest absolute Gasteiger partial charge is 0.127 e. The molecule has 0 fully saturated rings. The fourth-order valence-electron chi connectivity index (χ4n) is 1.23. The molecular formula is C10H13O2. The summed E-state index contributed by atoms with van der Waals surface area (Å²) in [4.78, 5) is 0. The SMILES string of the molecule is CCc1cccc([CH]O)c1OC. The monoisotopic (exact) mass is 165 g/mol.